The number of aromatic nitrogens is 2. The maximum Gasteiger partial charge on any atom is 0.514 e. The number of hydrogen-bond donors (Lipinski definition) is 0. The highest BCUT2D eigenvalue weighted by Gasteiger charge is 2.31. The number of rotatable bonds is 6. The summed E-state index contributed by atoms with van der Waals surface area (Å²) in [5, 5.41) is 15.1. The van der Waals surface area contributed by atoms with Crippen molar-refractivity contribution in [2.75, 3.05) is 0 Å². The highest BCUT2D eigenvalue weighted by atomic mass is 19.4. The quantitative estimate of drug-likeness (QED) is 0.184. The molecule has 0 fully saturated rings. The summed E-state index contributed by atoms with van der Waals surface area (Å²) in [6.45, 7) is 5.74. The largest absolute Gasteiger partial charge is 0.514 e. The molecule has 0 amide bonds. The number of ether oxygens (including phenoxy) is 2. The molecule has 1 aromatic heterocycles. The summed E-state index contributed by atoms with van der Waals surface area (Å²) >= 11 is 0. The number of halogens is 3. The second-order valence-corrected chi connectivity index (χ2v) is 8.57. The average Bonchev–Trinajstić information content (AvgIpc) is 3.21. The van der Waals surface area contributed by atoms with Gasteiger partial charge in [-0.15, -0.1) is 0 Å². The molecule has 3 rings (SSSR count). The van der Waals surface area contributed by atoms with Crippen LogP contribution in [-0.2, 0) is 17.5 Å². The minimum Gasteiger partial charge on any atom is -0.428 e. The van der Waals surface area contributed by atoms with Crippen LogP contribution in [0.15, 0.2) is 60.8 Å². The summed E-state index contributed by atoms with van der Waals surface area (Å²) < 4.78 is 50.5. The van der Waals surface area contributed by atoms with Gasteiger partial charge >= 0.3 is 12.3 Å². The molecular weight excluding hydrogens is 455 g/mol. The van der Waals surface area contributed by atoms with Crippen LogP contribution >= 0.6 is 0 Å². The highest BCUT2D eigenvalue weighted by Crippen LogP contribution is 2.31. The molecule has 11 heteroatoms. The van der Waals surface area contributed by atoms with Crippen molar-refractivity contribution < 1.29 is 32.4 Å². The van der Waals surface area contributed by atoms with Crippen LogP contribution in [0, 0.1) is 15.5 Å². The van der Waals surface area contributed by atoms with Gasteiger partial charge in [0, 0.05) is 29.3 Å². The fraction of sp³-hybridized carbons (Fsp3) is 0.304. The molecule has 1 heterocycles. The molecule has 0 saturated carbocycles. The Balaban J connectivity index is 1.68. The number of alkyl halides is 3. The summed E-state index contributed by atoms with van der Waals surface area (Å²) in [7, 11) is 0. The van der Waals surface area contributed by atoms with Crippen LogP contribution in [0.25, 0.3) is 11.3 Å². The zero-order valence-corrected chi connectivity index (χ0v) is 18.6. The van der Waals surface area contributed by atoms with Crippen molar-refractivity contribution in [2.24, 2.45) is 5.41 Å². The molecule has 1 atom stereocenters. The van der Waals surface area contributed by atoms with Gasteiger partial charge in [0.2, 0.25) is 0 Å². The normalized spacial score (nSPS) is 12.8. The Morgan fingerprint density at radius 3 is 2.21 bits per heavy atom. The number of nitrogens with zero attached hydrogens (tertiary/aromatic N) is 3. The van der Waals surface area contributed by atoms with Gasteiger partial charge in [0.1, 0.15) is 11.9 Å². The van der Waals surface area contributed by atoms with Crippen LogP contribution in [0.1, 0.15) is 26.3 Å². The SMILES string of the molecule is CC(C)(C)[C@@H](Cn1ccc(-c2ccc(C(F)(F)F)cc2)n1)OC(=O)Oc1ccc([N+](=O)[O-])cc1. The minimum atomic E-state index is -4.42. The summed E-state index contributed by atoms with van der Waals surface area (Å²) in [6.07, 6.45) is -4.43. The lowest BCUT2D eigenvalue weighted by atomic mass is 9.89. The van der Waals surface area contributed by atoms with Gasteiger partial charge in [-0.25, -0.2) is 4.79 Å². The van der Waals surface area contributed by atoms with Gasteiger partial charge in [-0.05, 0) is 30.3 Å². The second kappa shape index (κ2) is 9.54. The van der Waals surface area contributed by atoms with Crippen LogP contribution in [0.3, 0.4) is 0 Å². The standard InChI is InChI=1S/C23H22F3N3O5/c1-22(2,3)20(34-21(30)33-18-10-8-17(9-11-18)29(31)32)14-28-13-12-19(27-28)15-4-6-16(7-5-15)23(24,25)26/h4-13,20H,14H2,1-3H3/t20-/m1/s1. The van der Waals surface area contributed by atoms with Crippen LogP contribution in [0.2, 0.25) is 0 Å². The molecule has 0 aliphatic heterocycles. The van der Waals surface area contributed by atoms with Crippen LogP contribution < -0.4 is 4.74 Å². The predicted octanol–water partition coefficient (Wildman–Crippen LogP) is 6.11. The molecule has 34 heavy (non-hydrogen) atoms. The Morgan fingerprint density at radius 2 is 1.68 bits per heavy atom. The van der Waals surface area contributed by atoms with E-state index in [4.69, 9.17) is 9.47 Å². The van der Waals surface area contributed by atoms with Gasteiger partial charge in [0.05, 0.1) is 22.7 Å². The summed E-state index contributed by atoms with van der Waals surface area (Å²) in [5.74, 6) is 0.0898. The van der Waals surface area contributed by atoms with Crippen molar-refractivity contribution in [3.63, 3.8) is 0 Å². The highest BCUT2D eigenvalue weighted by molar-refractivity contribution is 5.64. The maximum absolute atomic E-state index is 12.8. The van der Waals surface area contributed by atoms with Gasteiger partial charge in [0.25, 0.3) is 5.69 Å². The van der Waals surface area contributed by atoms with Crippen molar-refractivity contribution in [3.05, 3.63) is 76.5 Å². The number of carbonyl (C=O) groups excluding carboxylic acids is 1. The van der Waals surface area contributed by atoms with Crippen molar-refractivity contribution in [3.8, 4) is 17.0 Å². The lowest BCUT2D eigenvalue weighted by Gasteiger charge is -2.29. The second-order valence-electron chi connectivity index (χ2n) is 8.57. The molecule has 0 saturated heterocycles. The van der Waals surface area contributed by atoms with Crippen molar-refractivity contribution >= 4 is 11.8 Å². The number of benzene rings is 2. The number of hydrogen-bond acceptors (Lipinski definition) is 6. The van der Waals surface area contributed by atoms with Gasteiger partial charge < -0.3 is 9.47 Å². The zero-order chi connectivity index (χ0) is 25.1. The Kier molecular flexibility index (Phi) is 6.94. The maximum atomic E-state index is 12.8. The van der Waals surface area contributed by atoms with E-state index in [0.717, 1.165) is 12.1 Å². The summed E-state index contributed by atoms with van der Waals surface area (Å²) in [6, 6.07) is 11.3. The number of carbonyl (C=O) groups is 1. The fourth-order valence-corrected chi connectivity index (χ4v) is 2.98. The Labute approximate surface area is 193 Å². The molecule has 0 aliphatic carbocycles. The third-order valence-electron chi connectivity index (χ3n) is 4.95. The van der Waals surface area contributed by atoms with Crippen LogP contribution in [0.5, 0.6) is 5.75 Å². The van der Waals surface area contributed by atoms with E-state index in [-0.39, 0.29) is 18.0 Å². The first kappa shape index (κ1) is 24.7. The van der Waals surface area contributed by atoms with E-state index in [1.54, 1.807) is 12.3 Å². The van der Waals surface area contributed by atoms with Crippen molar-refractivity contribution in [2.45, 2.75) is 39.6 Å². The van der Waals surface area contributed by atoms with Gasteiger partial charge in [-0.1, -0.05) is 32.9 Å². The van der Waals surface area contributed by atoms with E-state index in [9.17, 15) is 28.1 Å². The molecular formula is C23H22F3N3O5. The molecule has 8 nitrogen and oxygen atoms in total. The first-order valence-corrected chi connectivity index (χ1v) is 10.2. The summed E-state index contributed by atoms with van der Waals surface area (Å²) in [5.41, 5.74) is -0.416. The monoisotopic (exact) mass is 477 g/mol. The Bertz CT molecular complexity index is 1150. The van der Waals surface area contributed by atoms with E-state index in [2.05, 4.69) is 5.10 Å². The molecule has 0 radical (unpaired) electrons. The molecule has 2 aromatic carbocycles. The van der Waals surface area contributed by atoms with E-state index in [1.807, 2.05) is 20.8 Å². The lowest BCUT2D eigenvalue weighted by molar-refractivity contribution is -0.384. The zero-order valence-electron chi connectivity index (χ0n) is 18.6. The van der Waals surface area contributed by atoms with Crippen LogP contribution in [-0.4, -0.2) is 27.0 Å². The molecule has 3 aromatic rings. The first-order valence-electron chi connectivity index (χ1n) is 10.2. The lowest BCUT2D eigenvalue weighted by Crippen LogP contribution is -2.36. The molecule has 180 valence electrons. The van der Waals surface area contributed by atoms with Gasteiger partial charge in [-0.2, -0.15) is 18.3 Å². The van der Waals surface area contributed by atoms with E-state index >= 15 is 0 Å². The van der Waals surface area contributed by atoms with Gasteiger partial charge in [0.15, 0.2) is 0 Å². The molecule has 0 aliphatic rings. The van der Waals surface area contributed by atoms with Crippen molar-refractivity contribution in [1.82, 2.24) is 9.78 Å². The van der Waals surface area contributed by atoms with Crippen LogP contribution in [0.4, 0.5) is 23.7 Å². The predicted molar refractivity (Wildman–Crippen MR) is 116 cm³/mol. The van der Waals surface area contributed by atoms with E-state index in [1.165, 1.54) is 41.1 Å². The molecule has 0 spiro atoms. The topological polar surface area (TPSA) is 96.5 Å². The number of nitro benzene ring substituents is 1. The van der Waals surface area contributed by atoms with E-state index < -0.39 is 34.3 Å². The molecule has 0 bridgehead atoms. The van der Waals surface area contributed by atoms with E-state index in [0.29, 0.717) is 11.3 Å². The minimum absolute atomic E-state index is 0.0898. The number of non-ortho nitro benzene ring substituents is 1. The Morgan fingerprint density at radius 1 is 1.06 bits per heavy atom. The Hall–Kier alpha value is -3.89. The van der Waals surface area contributed by atoms with Crippen molar-refractivity contribution in [1.29, 1.82) is 0 Å². The van der Waals surface area contributed by atoms with Gasteiger partial charge in [-0.3, -0.25) is 14.8 Å². The molecule has 0 unspecified atom stereocenters. The smallest absolute Gasteiger partial charge is 0.428 e. The fourth-order valence-electron chi connectivity index (χ4n) is 2.98. The first-order chi connectivity index (χ1) is 15.8. The average molecular weight is 477 g/mol. The third kappa shape index (κ3) is 6.33. The number of nitro groups is 1. The summed E-state index contributed by atoms with van der Waals surface area (Å²) in [4.78, 5) is 22.5. The molecule has 0 N–H and O–H groups in total. The third-order valence-corrected chi connectivity index (χ3v) is 4.95.